The summed E-state index contributed by atoms with van der Waals surface area (Å²) < 4.78 is 4.11. The largest absolute Gasteiger partial charge is 0.382 e. The third-order valence-corrected chi connectivity index (χ3v) is 8.29. The van der Waals surface area contributed by atoms with E-state index in [1.165, 1.54) is 11.8 Å². The molecule has 1 atom stereocenters. The highest BCUT2D eigenvalue weighted by Gasteiger charge is 2.47. The summed E-state index contributed by atoms with van der Waals surface area (Å²) in [5.41, 5.74) is 14.5. The Bertz CT molecular complexity index is 1310. The average Bonchev–Trinajstić information content (AvgIpc) is 3.51. The lowest BCUT2D eigenvalue weighted by molar-refractivity contribution is 0.170. The second kappa shape index (κ2) is 7.36. The van der Waals surface area contributed by atoms with E-state index < -0.39 is 0 Å². The van der Waals surface area contributed by atoms with Gasteiger partial charge >= 0.3 is 0 Å². The lowest BCUT2D eigenvalue weighted by atomic mass is 9.74. The predicted molar refractivity (Wildman–Crippen MR) is 124 cm³/mol. The number of hydrogen-bond donors (Lipinski definition) is 2. The topological polar surface area (TPSA) is 116 Å². The molecule has 6 heterocycles. The number of rotatable bonds is 3. The number of piperidine rings is 1. The van der Waals surface area contributed by atoms with E-state index in [0.717, 1.165) is 59.6 Å². The summed E-state index contributed by atoms with van der Waals surface area (Å²) in [6.45, 7) is 2.67. The van der Waals surface area contributed by atoms with E-state index in [9.17, 15) is 0 Å². The molecule has 164 valence electrons. The predicted octanol–water partition coefficient (Wildman–Crippen LogP) is 3.01. The van der Waals surface area contributed by atoms with Gasteiger partial charge < -0.3 is 16.4 Å². The molecule has 4 aromatic heterocycles. The minimum absolute atomic E-state index is 0.0321. The number of nitrogens with zero attached hydrogens (tertiary/aromatic N) is 7. The number of anilines is 2. The summed E-state index contributed by atoms with van der Waals surface area (Å²) in [5, 5.41) is 4.88. The smallest absolute Gasteiger partial charge is 0.211 e. The van der Waals surface area contributed by atoms with Crippen LogP contribution in [0.1, 0.15) is 24.6 Å². The molecule has 1 fully saturated rings. The molecular formula is C21H22ClN9S. The van der Waals surface area contributed by atoms with Gasteiger partial charge in [-0.25, -0.2) is 15.0 Å². The van der Waals surface area contributed by atoms with Crippen molar-refractivity contribution >= 4 is 40.8 Å². The lowest BCUT2D eigenvalue weighted by Gasteiger charge is -2.41. The van der Waals surface area contributed by atoms with Crippen LogP contribution in [0.2, 0.25) is 5.02 Å². The van der Waals surface area contributed by atoms with Gasteiger partial charge in [0.05, 0.1) is 21.7 Å². The summed E-state index contributed by atoms with van der Waals surface area (Å²) >= 11 is 7.82. The minimum Gasteiger partial charge on any atom is -0.382 e. The maximum absolute atomic E-state index is 6.64. The van der Waals surface area contributed by atoms with Crippen LogP contribution in [0, 0.1) is 5.41 Å². The Labute approximate surface area is 193 Å². The number of nitrogen functional groups attached to an aromatic ring is 1. The second-order valence-electron chi connectivity index (χ2n) is 8.39. The number of fused-ring (bicyclic) bond motifs is 2. The first-order valence-corrected chi connectivity index (χ1v) is 11.7. The summed E-state index contributed by atoms with van der Waals surface area (Å²) in [5.74, 6) is 1.20. The maximum atomic E-state index is 6.64. The number of hydrogen-bond acceptors (Lipinski definition) is 8. The van der Waals surface area contributed by atoms with Crippen molar-refractivity contribution in [1.82, 2.24) is 29.1 Å². The monoisotopic (exact) mass is 467 g/mol. The van der Waals surface area contributed by atoms with E-state index in [-0.39, 0.29) is 11.5 Å². The average molecular weight is 468 g/mol. The van der Waals surface area contributed by atoms with Crippen molar-refractivity contribution in [2.75, 3.05) is 23.7 Å². The van der Waals surface area contributed by atoms with Crippen LogP contribution in [-0.4, -0.2) is 42.2 Å². The SMILES string of the molecule is Nc1nccc(Sc2cnc(N3CCC4(CC3)Cn3nccc3[C@H]4N)n3ccnc23)c1Cl. The first kappa shape index (κ1) is 19.8. The quantitative estimate of drug-likeness (QED) is 0.472. The van der Waals surface area contributed by atoms with E-state index in [2.05, 4.69) is 24.6 Å². The molecule has 4 aromatic rings. The van der Waals surface area contributed by atoms with Gasteiger partial charge in [-0.2, -0.15) is 5.10 Å². The zero-order chi connectivity index (χ0) is 21.9. The molecule has 0 unspecified atom stereocenters. The number of nitrogens with two attached hydrogens (primary N) is 2. The van der Waals surface area contributed by atoms with Crippen molar-refractivity contribution in [3.63, 3.8) is 0 Å². The van der Waals surface area contributed by atoms with Gasteiger partial charge in [0.15, 0.2) is 5.65 Å². The maximum Gasteiger partial charge on any atom is 0.211 e. The van der Waals surface area contributed by atoms with E-state index in [1.807, 2.05) is 35.1 Å². The molecule has 32 heavy (non-hydrogen) atoms. The molecule has 6 rings (SSSR count). The lowest BCUT2D eigenvalue weighted by Crippen LogP contribution is -2.45. The van der Waals surface area contributed by atoms with E-state index in [4.69, 9.17) is 28.1 Å². The number of aromatic nitrogens is 6. The van der Waals surface area contributed by atoms with Gasteiger partial charge in [-0.05, 0) is 25.0 Å². The Kier molecular flexibility index (Phi) is 4.56. The van der Waals surface area contributed by atoms with Gasteiger partial charge in [0, 0.05) is 60.9 Å². The molecule has 2 aliphatic rings. The van der Waals surface area contributed by atoms with Crippen molar-refractivity contribution in [1.29, 1.82) is 0 Å². The summed E-state index contributed by atoms with van der Waals surface area (Å²) in [6, 6.07) is 3.92. The fraction of sp³-hybridized carbons (Fsp3) is 0.333. The van der Waals surface area contributed by atoms with Crippen molar-refractivity contribution in [3.8, 4) is 0 Å². The molecule has 0 radical (unpaired) electrons. The summed E-state index contributed by atoms with van der Waals surface area (Å²) in [4.78, 5) is 17.5. The fourth-order valence-corrected chi connectivity index (χ4v) is 6.03. The first-order chi connectivity index (χ1) is 15.6. The van der Waals surface area contributed by atoms with Crippen LogP contribution in [0.25, 0.3) is 5.65 Å². The van der Waals surface area contributed by atoms with Crippen molar-refractivity contribution in [2.24, 2.45) is 11.1 Å². The Morgan fingerprint density at radius 1 is 1.06 bits per heavy atom. The number of halogens is 1. The van der Waals surface area contributed by atoms with Gasteiger partial charge in [0.2, 0.25) is 5.95 Å². The standard InChI is InChI=1S/C21H22ClN9S/c22-16-14(2-5-25-18(16)24)32-15-11-27-20(30-10-7-26-19(15)30)29-8-3-21(4-9-29)12-31-13(17(21)23)1-6-28-31/h1-2,5-7,10-11,17H,3-4,8-9,12,23H2,(H2,24,25)/t17-/m1/s1. The van der Waals surface area contributed by atoms with Crippen LogP contribution in [-0.2, 0) is 6.54 Å². The zero-order valence-corrected chi connectivity index (χ0v) is 18.8. The molecule has 0 aromatic carbocycles. The molecule has 11 heteroatoms. The van der Waals surface area contributed by atoms with E-state index in [1.54, 1.807) is 12.4 Å². The summed E-state index contributed by atoms with van der Waals surface area (Å²) in [7, 11) is 0. The van der Waals surface area contributed by atoms with Crippen LogP contribution in [0.15, 0.2) is 52.9 Å². The summed E-state index contributed by atoms with van der Waals surface area (Å²) in [6.07, 6.45) is 11.1. The molecule has 1 saturated heterocycles. The highest BCUT2D eigenvalue weighted by atomic mass is 35.5. The minimum atomic E-state index is 0.0321. The number of imidazole rings is 1. The Hall–Kier alpha value is -2.82. The van der Waals surface area contributed by atoms with Crippen LogP contribution in [0.3, 0.4) is 0 Å². The van der Waals surface area contributed by atoms with Crippen LogP contribution in [0.4, 0.5) is 11.8 Å². The molecule has 2 aliphatic heterocycles. The molecule has 9 nitrogen and oxygen atoms in total. The molecule has 0 aliphatic carbocycles. The van der Waals surface area contributed by atoms with Gasteiger partial charge in [0.25, 0.3) is 0 Å². The highest BCUT2D eigenvalue weighted by molar-refractivity contribution is 7.99. The van der Waals surface area contributed by atoms with Crippen LogP contribution in [0.5, 0.6) is 0 Å². The van der Waals surface area contributed by atoms with E-state index in [0.29, 0.717) is 10.8 Å². The van der Waals surface area contributed by atoms with Gasteiger partial charge in [-0.15, -0.1) is 0 Å². The fourth-order valence-electron chi connectivity index (χ4n) is 4.90. The molecule has 0 amide bonds. The zero-order valence-electron chi connectivity index (χ0n) is 17.2. The Balaban J connectivity index is 1.26. The molecular weight excluding hydrogens is 446 g/mol. The van der Waals surface area contributed by atoms with Gasteiger partial charge in [-0.1, -0.05) is 23.4 Å². The van der Waals surface area contributed by atoms with Crippen LogP contribution >= 0.6 is 23.4 Å². The van der Waals surface area contributed by atoms with Gasteiger partial charge in [0.1, 0.15) is 5.82 Å². The van der Waals surface area contributed by atoms with Crippen molar-refractivity contribution in [3.05, 3.63) is 53.8 Å². The first-order valence-electron chi connectivity index (χ1n) is 10.5. The third-order valence-electron chi connectivity index (χ3n) is 6.71. The normalized spacial score (nSPS) is 19.7. The molecule has 1 spiro atoms. The molecule has 0 bridgehead atoms. The Morgan fingerprint density at radius 3 is 2.72 bits per heavy atom. The van der Waals surface area contributed by atoms with Crippen LogP contribution < -0.4 is 16.4 Å². The number of pyridine rings is 1. The van der Waals surface area contributed by atoms with Crippen molar-refractivity contribution in [2.45, 2.75) is 35.2 Å². The third kappa shape index (κ3) is 2.97. The van der Waals surface area contributed by atoms with Gasteiger partial charge in [-0.3, -0.25) is 9.08 Å². The van der Waals surface area contributed by atoms with Crippen molar-refractivity contribution < 1.29 is 0 Å². The second-order valence-corrected chi connectivity index (χ2v) is 9.86. The Morgan fingerprint density at radius 2 is 1.91 bits per heavy atom. The molecule has 0 saturated carbocycles. The highest BCUT2D eigenvalue weighted by Crippen LogP contribution is 2.48. The molecule has 4 N–H and O–H groups in total. The van der Waals surface area contributed by atoms with E-state index >= 15 is 0 Å².